The molecule has 0 bridgehead atoms. The molecule has 0 saturated carbocycles. The van der Waals surface area contributed by atoms with E-state index in [-0.39, 0.29) is 41.2 Å². The highest BCUT2D eigenvalue weighted by atomic mass is 16.5. The number of methoxy groups -OCH3 is 1. The molecule has 0 fully saturated rings. The van der Waals surface area contributed by atoms with Gasteiger partial charge in [0.2, 0.25) is 0 Å². The van der Waals surface area contributed by atoms with Gasteiger partial charge >= 0.3 is 5.97 Å². The van der Waals surface area contributed by atoms with E-state index in [4.69, 9.17) is 4.74 Å². The molecule has 3 aliphatic carbocycles. The summed E-state index contributed by atoms with van der Waals surface area (Å²) in [7, 11) is 1.37. The molecule has 22 heavy (non-hydrogen) atoms. The molecule has 3 rings (SSSR count). The third-order valence-electron chi connectivity index (χ3n) is 5.30. The van der Waals surface area contributed by atoms with Crippen LogP contribution in [-0.2, 0) is 9.53 Å². The molecular formula is C18H22O4. The molecule has 4 heteroatoms. The van der Waals surface area contributed by atoms with Crippen molar-refractivity contribution in [1.82, 2.24) is 0 Å². The maximum atomic E-state index is 12.3. The van der Waals surface area contributed by atoms with Crippen LogP contribution in [-0.4, -0.2) is 23.3 Å². The molecule has 4 nitrogen and oxygen atoms in total. The Morgan fingerprint density at radius 2 is 2.00 bits per heavy atom. The van der Waals surface area contributed by atoms with Gasteiger partial charge in [0.1, 0.15) is 11.5 Å². The van der Waals surface area contributed by atoms with E-state index in [0.29, 0.717) is 5.57 Å². The van der Waals surface area contributed by atoms with Crippen LogP contribution in [0, 0.1) is 23.7 Å². The van der Waals surface area contributed by atoms with Gasteiger partial charge in [0, 0.05) is 23.5 Å². The van der Waals surface area contributed by atoms with E-state index in [2.05, 4.69) is 13.0 Å². The topological polar surface area (TPSA) is 66.8 Å². The van der Waals surface area contributed by atoms with Crippen LogP contribution in [0.2, 0.25) is 0 Å². The highest BCUT2D eigenvalue weighted by Gasteiger charge is 2.47. The van der Waals surface area contributed by atoms with E-state index in [1.807, 2.05) is 6.92 Å². The van der Waals surface area contributed by atoms with Crippen molar-refractivity contribution in [3.05, 3.63) is 46.5 Å². The van der Waals surface area contributed by atoms with Gasteiger partial charge in [0.15, 0.2) is 0 Å². The smallest absolute Gasteiger partial charge is 0.334 e. The first-order valence-electron chi connectivity index (χ1n) is 7.71. The van der Waals surface area contributed by atoms with Crippen LogP contribution in [0.3, 0.4) is 0 Å². The minimum Gasteiger partial charge on any atom is -0.512 e. The van der Waals surface area contributed by atoms with E-state index >= 15 is 0 Å². The van der Waals surface area contributed by atoms with Gasteiger partial charge in [0.05, 0.1) is 7.11 Å². The standard InChI is InChI=1S/C18H22O4/c1-9-4-5-12-10(2)16(18(21)22-3)14-7-11(19)8-15(20)17(14)13(12)6-9/h6-8,12-14,17,19-20H,4-5H2,1-3H3/t12-,13+,14?,17?/m0/s1. The normalized spacial score (nSPS) is 34.0. The van der Waals surface area contributed by atoms with E-state index in [9.17, 15) is 15.0 Å². The minimum atomic E-state index is -0.365. The van der Waals surface area contributed by atoms with E-state index in [1.54, 1.807) is 6.08 Å². The molecule has 0 aromatic carbocycles. The summed E-state index contributed by atoms with van der Waals surface area (Å²) >= 11 is 0. The molecule has 0 aromatic rings. The largest absolute Gasteiger partial charge is 0.512 e. The van der Waals surface area contributed by atoms with Crippen molar-refractivity contribution in [3.8, 4) is 0 Å². The van der Waals surface area contributed by atoms with Crippen molar-refractivity contribution < 1.29 is 19.7 Å². The second-order valence-electron chi connectivity index (χ2n) is 6.54. The van der Waals surface area contributed by atoms with Crippen molar-refractivity contribution >= 4 is 5.97 Å². The van der Waals surface area contributed by atoms with Crippen LogP contribution in [0.4, 0.5) is 0 Å². The zero-order chi connectivity index (χ0) is 16.0. The molecule has 2 N–H and O–H groups in total. The Morgan fingerprint density at radius 3 is 2.68 bits per heavy atom. The number of hydrogen-bond donors (Lipinski definition) is 2. The number of fused-ring (bicyclic) bond motifs is 3. The number of rotatable bonds is 1. The van der Waals surface area contributed by atoms with Crippen LogP contribution in [0.15, 0.2) is 46.5 Å². The number of esters is 1. The van der Waals surface area contributed by atoms with Crippen molar-refractivity contribution in [2.75, 3.05) is 7.11 Å². The second kappa shape index (κ2) is 5.34. The van der Waals surface area contributed by atoms with Gasteiger partial charge in [0.25, 0.3) is 0 Å². The Balaban J connectivity index is 2.17. The van der Waals surface area contributed by atoms with Crippen molar-refractivity contribution in [1.29, 1.82) is 0 Å². The third-order valence-corrected chi connectivity index (χ3v) is 5.30. The average molecular weight is 302 g/mol. The summed E-state index contributed by atoms with van der Waals surface area (Å²) < 4.78 is 4.96. The first-order valence-corrected chi connectivity index (χ1v) is 7.71. The summed E-state index contributed by atoms with van der Waals surface area (Å²) in [5.41, 5.74) is 2.94. The van der Waals surface area contributed by atoms with Crippen molar-refractivity contribution in [3.63, 3.8) is 0 Å². The van der Waals surface area contributed by atoms with Gasteiger partial charge in [-0.25, -0.2) is 4.79 Å². The molecule has 118 valence electrons. The number of hydrogen-bond acceptors (Lipinski definition) is 4. The van der Waals surface area contributed by atoms with Crippen LogP contribution in [0.1, 0.15) is 26.7 Å². The van der Waals surface area contributed by atoms with Crippen LogP contribution in [0.25, 0.3) is 0 Å². The van der Waals surface area contributed by atoms with Crippen molar-refractivity contribution in [2.45, 2.75) is 26.7 Å². The van der Waals surface area contributed by atoms with Gasteiger partial charge in [-0.15, -0.1) is 0 Å². The van der Waals surface area contributed by atoms with E-state index in [1.165, 1.54) is 18.8 Å². The monoisotopic (exact) mass is 302 g/mol. The Bertz CT molecular complexity index is 635. The molecule has 0 aromatic heterocycles. The van der Waals surface area contributed by atoms with Gasteiger partial charge < -0.3 is 14.9 Å². The van der Waals surface area contributed by atoms with Gasteiger partial charge in [-0.3, -0.25) is 0 Å². The number of carbonyl (C=O) groups is 1. The fraction of sp³-hybridized carbons (Fsp3) is 0.500. The van der Waals surface area contributed by atoms with Crippen LogP contribution >= 0.6 is 0 Å². The summed E-state index contributed by atoms with van der Waals surface area (Å²) in [4.78, 5) is 12.3. The molecule has 0 amide bonds. The number of ether oxygens (including phenoxy) is 1. The SMILES string of the molecule is COC(=O)C1=C(C)[C@@H]2CCC(C)=C[C@H]2C2C(O)=CC(O)=CC12. The molecule has 0 aliphatic heterocycles. The van der Waals surface area contributed by atoms with Crippen LogP contribution in [0.5, 0.6) is 0 Å². The Kier molecular flexibility index (Phi) is 3.63. The fourth-order valence-electron chi connectivity index (χ4n) is 4.30. The van der Waals surface area contributed by atoms with E-state index < -0.39 is 0 Å². The molecule has 0 heterocycles. The predicted octanol–water partition coefficient (Wildman–Crippen LogP) is 3.59. The summed E-state index contributed by atoms with van der Waals surface area (Å²) in [5.74, 6) is -0.343. The summed E-state index contributed by atoms with van der Waals surface area (Å²) in [6.45, 7) is 4.09. The Morgan fingerprint density at radius 1 is 1.27 bits per heavy atom. The summed E-state index contributed by atoms with van der Waals surface area (Å²) in [5, 5.41) is 20.3. The quantitative estimate of drug-likeness (QED) is 0.574. The zero-order valence-electron chi connectivity index (χ0n) is 13.2. The summed E-state index contributed by atoms with van der Waals surface area (Å²) in [6.07, 6.45) is 7.27. The molecular weight excluding hydrogens is 280 g/mol. The lowest BCUT2D eigenvalue weighted by Gasteiger charge is -2.45. The number of carbonyl (C=O) groups excluding carboxylic acids is 1. The highest BCUT2D eigenvalue weighted by molar-refractivity contribution is 5.91. The Labute approximate surface area is 130 Å². The van der Waals surface area contributed by atoms with Gasteiger partial charge in [-0.05, 0) is 44.6 Å². The number of aliphatic hydroxyl groups excluding tert-OH is 2. The average Bonchev–Trinajstić information content (AvgIpc) is 2.45. The molecule has 0 spiro atoms. The lowest BCUT2D eigenvalue weighted by molar-refractivity contribution is -0.137. The van der Waals surface area contributed by atoms with Gasteiger partial charge in [-0.2, -0.15) is 0 Å². The summed E-state index contributed by atoms with van der Waals surface area (Å²) in [6, 6.07) is 0. The fourth-order valence-corrected chi connectivity index (χ4v) is 4.30. The van der Waals surface area contributed by atoms with E-state index in [0.717, 1.165) is 18.4 Å². The first-order chi connectivity index (χ1) is 10.4. The lowest BCUT2D eigenvalue weighted by atomic mass is 9.59. The maximum absolute atomic E-state index is 12.3. The maximum Gasteiger partial charge on any atom is 0.334 e. The van der Waals surface area contributed by atoms with Gasteiger partial charge in [-0.1, -0.05) is 17.2 Å². The molecule has 0 radical (unpaired) electrons. The molecule has 3 aliphatic rings. The molecule has 0 saturated heterocycles. The highest BCUT2D eigenvalue weighted by Crippen LogP contribution is 2.52. The molecule has 4 atom stereocenters. The first kappa shape index (κ1) is 14.9. The Hall–Kier alpha value is -1.97. The predicted molar refractivity (Wildman–Crippen MR) is 83.1 cm³/mol. The number of allylic oxidation sites excluding steroid dienone is 6. The van der Waals surface area contributed by atoms with Crippen LogP contribution < -0.4 is 0 Å². The minimum absolute atomic E-state index is 0.00270. The lowest BCUT2D eigenvalue weighted by Crippen LogP contribution is -2.40. The number of aliphatic hydroxyl groups is 2. The molecule has 2 unspecified atom stereocenters. The zero-order valence-corrected chi connectivity index (χ0v) is 13.2. The third kappa shape index (κ3) is 2.18. The van der Waals surface area contributed by atoms with Crippen molar-refractivity contribution in [2.24, 2.45) is 23.7 Å². The second-order valence-corrected chi connectivity index (χ2v) is 6.54.